The van der Waals surface area contributed by atoms with Crippen LogP contribution in [-0.2, 0) is 0 Å². The molecule has 2 aromatic carbocycles. The fourth-order valence-corrected chi connectivity index (χ4v) is 2.73. The molecule has 3 nitrogen and oxygen atoms in total. The van der Waals surface area contributed by atoms with Crippen LogP contribution in [0.25, 0.3) is 0 Å². The van der Waals surface area contributed by atoms with Crippen molar-refractivity contribution in [1.29, 1.82) is 0 Å². The number of rotatable bonds is 3. The number of nitrogen functional groups attached to an aromatic ring is 1. The van der Waals surface area contributed by atoms with E-state index in [0.29, 0.717) is 5.92 Å². The summed E-state index contributed by atoms with van der Waals surface area (Å²) in [6.45, 7) is 1.96. The quantitative estimate of drug-likeness (QED) is 0.842. The van der Waals surface area contributed by atoms with Gasteiger partial charge in [0.05, 0.1) is 0 Å². The van der Waals surface area contributed by atoms with Crippen molar-refractivity contribution in [2.24, 2.45) is 0 Å². The predicted octanol–water partition coefficient (Wildman–Crippen LogP) is 2.79. The summed E-state index contributed by atoms with van der Waals surface area (Å²) in [7, 11) is 0. The largest absolute Gasteiger partial charge is 0.490 e. The van der Waals surface area contributed by atoms with Crippen LogP contribution in [0.3, 0.4) is 0 Å². The molecular formula is C17H20N2O. The van der Waals surface area contributed by atoms with Crippen LogP contribution in [-0.4, -0.2) is 19.2 Å². The van der Waals surface area contributed by atoms with E-state index in [1.807, 2.05) is 24.3 Å². The van der Waals surface area contributed by atoms with Crippen molar-refractivity contribution >= 4 is 5.69 Å². The summed E-state index contributed by atoms with van der Waals surface area (Å²) in [5.74, 6) is 1.29. The number of hydrogen-bond acceptors (Lipinski definition) is 3. The first-order valence-electron chi connectivity index (χ1n) is 7.11. The minimum atomic E-state index is 0.210. The molecule has 0 aromatic heterocycles. The van der Waals surface area contributed by atoms with Crippen molar-refractivity contribution in [3.63, 3.8) is 0 Å². The van der Waals surface area contributed by atoms with Gasteiger partial charge in [-0.1, -0.05) is 30.3 Å². The zero-order chi connectivity index (χ0) is 13.8. The number of hydrogen-bond donors (Lipinski definition) is 2. The molecule has 1 saturated heterocycles. The maximum Gasteiger partial charge on any atom is 0.119 e. The van der Waals surface area contributed by atoms with E-state index >= 15 is 0 Å². The van der Waals surface area contributed by atoms with E-state index in [2.05, 4.69) is 35.6 Å². The molecule has 1 aliphatic heterocycles. The summed E-state index contributed by atoms with van der Waals surface area (Å²) in [5.41, 5.74) is 7.81. The fourth-order valence-electron chi connectivity index (χ4n) is 2.73. The molecule has 0 spiro atoms. The third-order valence-corrected chi connectivity index (χ3v) is 3.81. The van der Waals surface area contributed by atoms with Crippen molar-refractivity contribution in [2.45, 2.75) is 18.4 Å². The molecular weight excluding hydrogens is 248 g/mol. The van der Waals surface area contributed by atoms with Crippen LogP contribution in [0.4, 0.5) is 5.69 Å². The first-order chi connectivity index (χ1) is 9.83. The van der Waals surface area contributed by atoms with Gasteiger partial charge in [-0.3, -0.25) is 0 Å². The van der Waals surface area contributed by atoms with Gasteiger partial charge in [0.1, 0.15) is 11.9 Å². The summed E-state index contributed by atoms with van der Waals surface area (Å²) in [4.78, 5) is 0. The first kappa shape index (κ1) is 13.0. The van der Waals surface area contributed by atoms with E-state index in [0.717, 1.165) is 30.9 Å². The summed E-state index contributed by atoms with van der Waals surface area (Å²) in [5, 5.41) is 3.46. The van der Waals surface area contributed by atoms with Crippen LogP contribution in [0.15, 0.2) is 54.6 Å². The van der Waals surface area contributed by atoms with Gasteiger partial charge in [-0.2, -0.15) is 0 Å². The number of piperidine rings is 1. The van der Waals surface area contributed by atoms with Gasteiger partial charge in [-0.05, 0) is 42.8 Å². The lowest BCUT2D eigenvalue weighted by Gasteiger charge is -2.33. The zero-order valence-electron chi connectivity index (χ0n) is 11.5. The molecule has 3 rings (SSSR count). The Balaban J connectivity index is 1.77. The Morgan fingerprint density at radius 1 is 1.00 bits per heavy atom. The molecule has 0 aliphatic carbocycles. The summed E-state index contributed by atoms with van der Waals surface area (Å²) < 4.78 is 6.18. The Morgan fingerprint density at radius 3 is 2.50 bits per heavy atom. The zero-order valence-corrected chi connectivity index (χ0v) is 11.5. The lowest BCUT2D eigenvalue weighted by molar-refractivity contribution is 0.138. The molecule has 2 aromatic rings. The average molecular weight is 268 g/mol. The molecule has 0 saturated carbocycles. The molecule has 1 aliphatic rings. The Bertz CT molecular complexity index is 539. The smallest absolute Gasteiger partial charge is 0.119 e. The number of anilines is 1. The van der Waals surface area contributed by atoms with Gasteiger partial charge in [0.15, 0.2) is 0 Å². The highest BCUT2D eigenvalue weighted by Crippen LogP contribution is 2.28. The van der Waals surface area contributed by atoms with Gasteiger partial charge < -0.3 is 15.8 Å². The van der Waals surface area contributed by atoms with Crippen molar-refractivity contribution in [3.05, 3.63) is 60.2 Å². The Labute approximate surface area is 119 Å². The molecule has 3 N–H and O–H groups in total. The molecule has 1 fully saturated rings. The lowest BCUT2D eigenvalue weighted by Crippen LogP contribution is -2.41. The van der Waals surface area contributed by atoms with Gasteiger partial charge in [-0.15, -0.1) is 0 Å². The highest BCUT2D eigenvalue weighted by atomic mass is 16.5. The van der Waals surface area contributed by atoms with Crippen molar-refractivity contribution in [2.75, 3.05) is 18.8 Å². The minimum Gasteiger partial charge on any atom is -0.490 e. The van der Waals surface area contributed by atoms with E-state index < -0.39 is 0 Å². The highest BCUT2D eigenvalue weighted by molar-refractivity contribution is 5.41. The molecule has 0 bridgehead atoms. The monoisotopic (exact) mass is 268 g/mol. The fraction of sp³-hybridized carbons (Fsp3) is 0.294. The van der Waals surface area contributed by atoms with E-state index in [1.165, 1.54) is 5.56 Å². The van der Waals surface area contributed by atoms with Crippen LogP contribution >= 0.6 is 0 Å². The Kier molecular flexibility index (Phi) is 3.88. The molecule has 20 heavy (non-hydrogen) atoms. The van der Waals surface area contributed by atoms with Crippen molar-refractivity contribution in [1.82, 2.24) is 5.32 Å². The van der Waals surface area contributed by atoms with Gasteiger partial charge in [0, 0.05) is 18.2 Å². The second kappa shape index (κ2) is 5.97. The molecule has 1 heterocycles. The second-order valence-electron chi connectivity index (χ2n) is 5.24. The Hall–Kier alpha value is -2.00. The number of nitrogens with one attached hydrogen (secondary N) is 1. The van der Waals surface area contributed by atoms with Crippen molar-refractivity contribution in [3.8, 4) is 5.75 Å². The topological polar surface area (TPSA) is 47.3 Å². The van der Waals surface area contributed by atoms with Crippen LogP contribution < -0.4 is 15.8 Å². The minimum absolute atomic E-state index is 0.210. The Morgan fingerprint density at radius 2 is 1.75 bits per heavy atom. The molecule has 3 heteroatoms. The van der Waals surface area contributed by atoms with Gasteiger partial charge in [-0.25, -0.2) is 0 Å². The van der Waals surface area contributed by atoms with Crippen LogP contribution in [0.5, 0.6) is 5.75 Å². The third kappa shape index (κ3) is 2.94. The van der Waals surface area contributed by atoms with Crippen LogP contribution in [0.1, 0.15) is 17.9 Å². The van der Waals surface area contributed by atoms with E-state index in [1.54, 1.807) is 0 Å². The first-order valence-corrected chi connectivity index (χ1v) is 7.11. The van der Waals surface area contributed by atoms with Crippen molar-refractivity contribution < 1.29 is 4.74 Å². The van der Waals surface area contributed by atoms with E-state index in [-0.39, 0.29) is 6.10 Å². The summed E-state index contributed by atoms with van der Waals surface area (Å²) in [6, 6.07) is 18.2. The molecule has 0 unspecified atom stereocenters. The molecule has 0 amide bonds. The molecule has 104 valence electrons. The summed E-state index contributed by atoms with van der Waals surface area (Å²) in [6.07, 6.45) is 1.23. The maximum absolute atomic E-state index is 6.18. The van der Waals surface area contributed by atoms with Crippen LogP contribution in [0, 0.1) is 0 Å². The molecule has 2 atom stereocenters. The van der Waals surface area contributed by atoms with E-state index in [9.17, 15) is 0 Å². The third-order valence-electron chi connectivity index (χ3n) is 3.81. The molecule has 0 radical (unpaired) electrons. The average Bonchev–Trinajstić information content (AvgIpc) is 2.51. The predicted molar refractivity (Wildman–Crippen MR) is 81.9 cm³/mol. The normalized spacial score (nSPS) is 22.4. The van der Waals surface area contributed by atoms with Gasteiger partial charge in [0.2, 0.25) is 0 Å². The SMILES string of the molecule is Nc1ccc(O[C@@H]2CCNC[C@H]2c2ccccc2)cc1. The number of ether oxygens (including phenoxy) is 1. The standard InChI is InChI=1S/C17H20N2O/c18-14-6-8-15(9-7-14)20-17-10-11-19-12-16(17)13-4-2-1-3-5-13/h1-9,16-17,19H,10-12,18H2/t16-,17+/m0/s1. The van der Waals surface area contributed by atoms with E-state index in [4.69, 9.17) is 10.5 Å². The lowest BCUT2D eigenvalue weighted by atomic mass is 9.89. The maximum atomic E-state index is 6.18. The van der Waals surface area contributed by atoms with Gasteiger partial charge in [0.25, 0.3) is 0 Å². The highest BCUT2D eigenvalue weighted by Gasteiger charge is 2.27. The number of nitrogens with two attached hydrogens (primary N) is 1. The second-order valence-corrected chi connectivity index (χ2v) is 5.24. The van der Waals surface area contributed by atoms with Gasteiger partial charge >= 0.3 is 0 Å². The van der Waals surface area contributed by atoms with Crippen LogP contribution in [0.2, 0.25) is 0 Å². The summed E-state index contributed by atoms with van der Waals surface area (Å²) >= 11 is 0. The number of benzene rings is 2.